The van der Waals surface area contributed by atoms with Crippen LogP contribution in [0, 0.1) is 5.92 Å². The van der Waals surface area contributed by atoms with E-state index in [2.05, 4.69) is 32.3 Å². The van der Waals surface area contributed by atoms with Crippen LogP contribution in [-0.2, 0) is 9.53 Å². The van der Waals surface area contributed by atoms with Gasteiger partial charge in [-0.2, -0.15) is 0 Å². The number of hydrogen-bond acceptors (Lipinski definition) is 2. The fraction of sp³-hybridized carbons (Fsp3) is 0.750. The van der Waals surface area contributed by atoms with E-state index in [4.69, 9.17) is 4.74 Å². The Hall–Kier alpha value is -0.793. The van der Waals surface area contributed by atoms with Crippen LogP contribution in [-0.4, -0.2) is 20.7 Å². The van der Waals surface area contributed by atoms with Gasteiger partial charge in [0, 0.05) is 0 Å². The van der Waals surface area contributed by atoms with Gasteiger partial charge in [0.15, 0.2) is 0 Å². The summed E-state index contributed by atoms with van der Waals surface area (Å²) in [6, 6.07) is 0. The Morgan fingerprint density at radius 2 is 2.05 bits per heavy atom. The van der Waals surface area contributed by atoms with Gasteiger partial charge < -0.3 is 4.74 Å². The van der Waals surface area contributed by atoms with Crippen molar-refractivity contribution in [3.05, 3.63) is 16.5 Å². The molecule has 3 heteroatoms. The van der Waals surface area contributed by atoms with Crippen molar-refractivity contribution in [3.63, 3.8) is 0 Å². The second-order valence-corrected chi connectivity index (χ2v) is 11.6. The largest absolute Gasteiger partial charge is 0.466 e. The molecule has 2 nitrogen and oxygen atoms in total. The molecule has 19 heavy (non-hydrogen) atoms. The molecule has 108 valence electrons. The fourth-order valence-corrected chi connectivity index (χ4v) is 3.63. The molecule has 0 radical (unpaired) electrons. The summed E-state index contributed by atoms with van der Waals surface area (Å²) in [5.41, 5.74) is 5.05. The zero-order valence-corrected chi connectivity index (χ0v) is 14.1. The van der Waals surface area contributed by atoms with Crippen LogP contribution in [0.1, 0.15) is 46.0 Å². The van der Waals surface area contributed by atoms with E-state index in [0.29, 0.717) is 18.9 Å². The van der Waals surface area contributed by atoms with E-state index in [1.54, 1.807) is 0 Å². The molecule has 1 saturated carbocycles. The Morgan fingerprint density at radius 3 is 2.58 bits per heavy atom. The standard InChI is InChI=1S/C16H28O2Si/c1-6-18-16(17)12-15(19(3,4)5)11-14-10-8-7-9-13(14)2/h13H,6-10,12H2,1-5H3. The lowest BCUT2D eigenvalue weighted by atomic mass is 9.86. The van der Waals surface area contributed by atoms with E-state index < -0.39 is 8.07 Å². The Labute approximate surface area is 118 Å². The maximum atomic E-state index is 11.8. The quantitative estimate of drug-likeness (QED) is 0.431. The van der Waals surface area contributed by atoms with Gasteiger partial charge in [-0.1, -0.05) is 33.0 Å². The van der Waals surface area contributed by atoms with Crippen LogP contribution >= 0.6 is 0 Å². The molecule has 1 unspecified atom stereocenters. The van der Waals surface area contributed by atoms with E-state index in [0.717, 1.165) is 6.42 Å². The van der Waals surface area contributed by atoms with Crippen molar-refractivity contribution in [2.24, 2.45) is 5.92 Å². The smallest absolute Gasteiger partial charge is 0.310 e. The minimum Gasteiger partial charge on any atom is -0.466 e. The highest BCUT2D eigenvalue weighted by molar-refractivity contribution is 6.83. The first-order valence-electron chi connectivity index (χ1n) is 7.49. The van der Waals surface area contributed by atoms with Crippen molar-refractivity contribution in [1.29, 1.82) is 0 Å². The molecule has 1 fully saturated rings. The topological polar surface area (TPSA) is 26.3 Å². The van der Waals surface area contributed by atoms with Crippen LogP contribution in [0.3, 0.4) is 0 Å². The van der Waals surface area contributed by atoms with E-state index >= 15 is 0 Å². The third-order valence-electron chi connectivity index (χ3n) is 3.77. The van der Waals surface area contributed by atoms with E-state index in [9.17, 15) is 4.79 Å². The van der Waals surface area contributed by atoms with Gasteiger partial charge in [0.1, 0.15) is 0 Å². The molecule has 0 aromatic carbocycles. The summed E-state index contributed by atoms with van der Waals surface area (Å²) in [5.74, 6) is 0.527. The normalized spacial score (nSPS) is 19.8. The lowest BCUT2D eigenvalue weighted by Gasteiger charge is -2.23. The van der Waals surface area contributed by atoms with Crippen LogP contribution < -0.4 is 0 Å². The van der Waals surface area contributed by atoms with Crippen LogP contribution in [0.15, 0.2) is 16.5 Å². The molecular formula is C16H28O2Si. The highest BCUT2D eigenvalue weighted by atomic mass is 28.3. The van der Waals surface area contributed by atoms with E-state index in [1.807, 2.05) is 6.92 Å². The maximum Gasteiger partial charge on any atom is 0.310 e. The van der Waals surface area contributed by atoms with E-state index in [1.165, 1.54) is 30.0 Å². The second kappa shape index (κ2) is 7.11. The fourth-order valence-electron chi connectivity index (χ4n) is 2.42. The summed E-state index contributed by atoms with van der Waals surface area (Å²) in [5, 5.41) is 1.22. The number of esters is 1. The minimum absolute atomic E-state index is 0.100. The summed E-state index contributed by atoms with van der Waals surface area (Å²) >= 11 is 0. The molecule has 0 saturated heterocycles. The number of rotatable bonds is 4. The Bertz CT molecular complexity index is 384. The van der Waals surface area contributed by atoms with Gasteiger partial charge in [-0.25, -0.2) is 0 Å². The molecule has 0 aliphatic heterocycles. The second-order valence-electron chi connectivity index (χ2n) is 6.51. The van der Waals surface area contributed by atoms with Gasteiger partial charge in [0.25, 0.3) is 0 Å². The van der Waals surface area contributed by atoms with Crippen molar-refractivity contribution in [3.8, 4) is 0 Å². The van der Waals surface area contributed by atoms with Crippen molar-refractivity contribution < 1.29 is 9.53 Å². The predicted octanol–water partition coefficient (Wildman–Crippen LogP) is 4.48. The third kappa shape index (κ3) is 5.38. The predicted molar refractivity (Wildman–Crippen MR) is 82.8 cm³/mol. The lowest BCUT2D eigenvalue weighted by molar-refractivity contribution is -0.142. The van der Waals surface area contributed by atoms with Crippen LogP contribution in [0.4, 0.5) is 0 Å². The molecule has 1 atom stereocenters. The molecule has 1 aliphatic rings. The van der Waals surface area contributed by atoms with Gasteiger partial charge in [-0.05, 0) is 42.9 Å². The summed E-state index contributed by atoms with van der Waals surface area (Å²) in [6.07, 6.45) is 5.44. The first kappa shape index (κ1) is 16.3. The first-order valence-corrected chi connectivity index (χ1v) is 11.0. The molecule has 0 bridgehead atoms. The Kier molecular flexibility index (Phi) is 6.09. The number of hydrogen-bond donors (Lipinski definition) is 0. The van der Waals surface area contributed by atoms with Crippen LogP contribution in [0.2, 0.25) is 19.6 Å². The SMILES string of the molecule is CCOC(=O)CC(=C=C1CCCCC1C)[Si](C)(C)C. The zero-order valence-electron chi connectivity index (χ0n) is 13.1. The van der Waals surface area contributed by atoms with E-state index in [-0.39, 0.29) is 5.97 Å². The molecule has 0 amide bonds. The summed E-state index contributed by atoms with van der Waals surface area (Å²) < 4.78 is 5.10. The van der Waals surface area contributed by atoms with Crippen molar-refractivity contribution >= 4 is 14.0 Å². The number of carbonyl (C=O) groups is 1. The molecular weight excluding hydrogens is 252 g/mol. The number of ether oxygens (including phenoxy) is 1. The molecule has 0 spiro atoms. The highest BCUT2D eigenvalue weighted by Gasteiger charge is 2.23. The summed E-state index contributed by atoms with van der Waals surface area (Å²) in [6.45, 7) is 11.4. The maximum absolute atomic E-state index is 11.8. The van der Waals surface area contributed by atoms with Crippen molar-refractivity contribution in [2.75, 3.05) is 6.61 Å². The van der Waals surface area contributed by atoms with Crippen molar-refractivity contribution in [2.45, 2.75) is 65.6 Å². The molecule has 1 rings (SSSR count). The molecule has 0 aromatic rings. The monoisotopic (exact) mass is 280 g/mol. The molecule has 0 aromatic heterocycles. The molecule has 0 N–H and O–H groups in total. The van der Waals surface area contributed by atoms with Crippen LogP contribution in [0.5, 0.6) is 0 Å². The highest BCUT2D eigenvalue weighted by Crippen LogP contribution is 2.29. The number of carbonyl (C=O) groups excluding carboxylic acids is 1. The summed E-state index contributed by atoms with van der Waals surface area (Å²) in [4.78, 5) is 11.8. The first-order chi connectivity index (χ1) is 8.84. The Balaban J connectivity index is 3.02. The van der Waals surface area contributed by atoms with Crippen LogP contribution in [0.25, 0.3) is 0 Å². The van der Waals surface area contributed by atoms with Gasteiger partial charge in [0.05, 0.1) is 21.1 Å². The molecule has 0 heterocycles. The van der Waals surface area contributed by atoms with Gasteiger partial charge >= 0.3 is 5.97 Å². The average Bonchev–Trinajstić information content (AvgIpc) is 2.30. The minimum atomic E-state index is -1.51. The lowest BCUT2D eigenvalue weighted by Crippen LogP contribution is -2.26. The third-order valence-corrected chi connectivity index (χ3v) is 5.88. The Morgan fingerprint density at radius 1 is 1.37 bits per heavy atom. The van der Waals surface area contributed by atoms with Gasteiger partial charge in [0.2, 0.25) is 0 Å². The molecule has 1 aliphatic carbocycles. The average molecular weight is 280 g/mol. The van der Waals surface area contributed by atoms with Gasteiger partial charge in [-0.15, -0.1) is 5.73 Å². The zero-order chi connectivity index (χ0) is 14.5. The van der Waals surface area contributed by atoms with Crippen molar-refractivity contribution in [1.82, 2.24) is 0 Å². The summed E-state index contributed by atoms with van der Waals surface area (Å²) in [7, 11) is -1.51. The van der Waals surface area contributed by atoms with Gasteiger partial charge in [-0.3, -0.25) is 4.79 Å².